The third kappa shape index (κ3) is 4.01. The van der Waals surface area contributed by atoms with Crippen LogP contribution in [-0.2, 0) is 12.8 Å². The molecule has 0 aromatic heterocycles. The fraction of sp³-hybridized carbons (Fsp3) is 0.200. The van der Waals surface area contributed by atoms with E-state index in [2.05, 4.69) is 0 Å². The topological polar surface area (TPSA) is 0 Å². The first-order valence-electron chi connectivity index (χ1n) is 5.83. The lowest BCUT2D eigenvalue weighted by molar-refractivity contribution is 0.626. The van der Waals surface area contributed by atoms with Crippen molar-refractivity contribution >= 4 is 23.2 Å². The van der Waals surface area contributed by atoms with E-state index in [1.54, 1.807) is 6.07 Å². The maximum absolute atomic E-state index is 12.7. The molecule has 0 radical (unpaired) electrons. The number of hydrogen-bond acceptors (Lipinski definition) is 0. The van der Waals surface area contributed by atoms with Crippen molar-refractivity contribution in [1.29, 1.82) is 0 Å². The van der Waals surface area contributed by atoms with Crippen LogP contribution in [0, 0.1) is 5.82 Å². The molecule has 0 N–H and O–H groups in total. The van der Waals surface area contributed by atoms with Crippen molar-refractivity contribution in [2.24, 2.45) is 0 Å². The molecule has 0 aliphatic carbocycles. The van der Waals surface area contributed by atoms with E-state index >= 15 is 0 Å². The molecule has 0 aliphatic rings. The van der Waals surface area contributed by atoms with Crippen LogP contribution in [0.15, 0.2) is 42.5 Å². The largest absolute Gasteiger partial charge is 0.207 e. The van der Waals surface area contributed by atoms with E-state index < -0.39 is 0 Å². The van der Waals surface area contributed by atoms with E-state index in [0.717, 1.165) is 30.4 Å². The van der Waals surface area contributed by atoms with Crippen LogP contribution in [0.3, 0.4) is 0 Å². The van der Waals surface area contributed by atoms with Gasteiger partial charge in [-0.1, -0.05) is 35.3 Å². The Morgan fingerprint density at radius 1 is 0.778 bits per heavy atom. The van der Waals surface area contributed by atoms with Crippen molar-refractivity contribution in [3.8, 4) is 0 Å². The van der Waals surface area contributed by atoms with Crippen LogP contribution in [0.1, 0.15) is 17.5 Å². The van der Waals surface area contributed by atoms with Crippen molar-refractivity contribution in [2.45, 2.75) is 19.3 Å². The van der Waals surface area contributed by atoms with Crippen molar-refractivity contribution in [3.63, 3.8) is 0 Å². The molecular formula is C15H13Cl2F. The van der Waals surface area contributed by atoms with Gasteiger partial charge in [-0.25, -0.2) is 4.39 Å². The van der Waals surface area contributed by atoms with Crippen molar-refractivity contribution in [3.05, 3.63) is 69.5 Å². The number of halogens is 3. The molecule has 0 atom stereocenters. The second-order valence-electron chi connectivity index (χ2n) is 4.26. The molecule has 2 rings (SSSR count). The molecule has 0 amide bonds. The first-order valence-corrected chi connectivity index (χ1v) is 6.58. The molecule has 2 aromatic carbocycles. The molecule has 0 heterocycles. The Morgan fingerprint density at radius 2 is 1.33 bits per heavy atom. The van der Waals surface area contributed by atoms with Gasteiger partial charge in [0.05, 0.1) is 0 Å². The standard InChI is InChI=1S/C15H13Cl2F/c16-13-8-12(9-14(17)10-13)3-1-2-11-4-6-15(18)7-5-11/h4-10H,1-3H2. The smallest absolute Gasteiger partial charge is 0.123 e. The van der Waals surface area contributed by atoms with Crippen LogP contribution < -0.4 is 0 Å². The molecule has 0 aliphatic heterocycles. The summed E-state index contributed by atoms with van der Waals surface area (Å²) in [7, 11) is 0. The molecule has 18 heavy (non-hydrogen) atoms. The Morgan fingerprint density at radius 3 is 1.94 bits per heavy atom. The van der Waals surface area contributed by atoms with Crippen molar-refractivity contribution in [2.75, 3.05) is 0 Å². The van der Waals surface area contributed by atoms with Gasteiger partial charge in [0.1, 0.15) is 5.82 Å². The summed E-state index contributed by atoms with van der Waals surface area (Å²) >= 11 is 11.9. The van der Waals surface area contributed by atoms with Gasteiger partial charge in [-0.3, -0.25) is 0 Å². The third-order valence-electron chi connectivity index (χ3n) is 2.77. The molecule has 0 saturated heterocycles. The SMILES string of the molecule is Fc1ccc(CCCc2cc(Cl)cc(Cl)c2)cc1. The summed E-state index contributed by atoms with van der Waals surface area (Å²) in [6.45, 7) is 0. The Hall–Kier alpha value is -1.05. The van der Waals surface area contributed by atoms with Crippen LogP contribution in [0.2, 0.25) is 10.0 Å². The number of aryl methyl sites for hydroxylation is 2. The average molecular weight is 283 g/mol. The van der Waals surface area contributed by atoms with Gasteiger partial charge in [0.15, 0.2) is 0 Å². The van der Waals surface area contributed by atoms with Crippen molar-refractivity contribution < 1.29 is 4.39 Å². The van der Waals surface area contributed by atoms with Gasteiger partial charge in [0.25, 0.3) is 0 Å². The van der Waals surface area contributed by atoms with E-state index in [0.29, 0.717) is 10.0 Å². The highest BCUT2D eigenvalue weighted by Gasteiger charge is 2.00. The predicted molar refractivity (Wildman–Crippen MR) is 74.9 cm³/mol. The minimum atomic E-state index is -0.194. The Balaban J connectivity index is 1.90. The lowest BCUT2D eigenvalue weighted by Gasteiger charge is -2.04. The fourth-order valence-electron chi connectivity index (χ4n) is 1.90. The zero-order chi connectivity index (χ0) is 13.0. The molecule has 0 bridgehead atoms. The Labute approximate surface area is 116 Å². The first-order chi connectivity index (χ1) is 8.63. The van der Waals surface area contributed by atoms with Crippen LogP contribution >= 0.6 is 23.2 Å². The minimum Gasteiger partial charge on any atom is -0.207 e. The summed E-state index contributed by atoms with van der Waals surface area (Å²) in [5, 5.41) is 1.33. The number of hydrogen-bond donors (Lipinski definition) is 0. The molecule has 0 nitrogen and oxygen atoms in total. The summed E-state index contributed by atoms with van der Waals surface area (Å²) in [4.78, 5) is 0. The van der Waals surface area contributed by atoms with E-state index in [4.69, 9.17) is 23.2 Å². The minimum absolute atomic E-state index is 0.194. The molecule has 0 saturated carbocycles. The number of rotatable bonds is 4. The highest BCUT2D eigenvalue weighted by molar-refractivity contribution is 6.34. The maximum atomic E-state index is 12.7. The average Bonchev–Trinajstić information content (AvgIpc) is 2.30. The van der Waals surface area contributed by atoms with Crippen LogP contribution in [0.25, 0.3) is 0 Å². The molecule has 0 fully saturated rings. The summed E-state index contributed by atoms with van der Waals surface area (Å²) < 4.78 is 12.7. The normalized spacial score (nSPS) is 10.6. The lowest BCUT2D eigenvalue weighted by atomic mass is 10.0. The van der Waals surface area contributed by atoms with Gasteiger partial charge < -0.3 is 0 Å². The Kier molecular flexibility index (Phi) is 4.62. The summed E-state index contributed by atoms with van der Waals surface area (Å²) in [5.74, 6) is -0.194. The van der Waals surface area contributed by atoms with E-state index in [9.17, 15) is 4.39 Å². The third-order valence-corrected chi connectivity index (χ3v) is 3.20. The molecule has 94 valence electrons. The predicted octanol–water partition coefficient (Wildman–Crippen LogP) is 5.31. The quantitative estimate of drug-likeness (QED) is 0.713. The monoisotopic (exact) mass is 282 g/mol. The van der Waals surface area contributed by atoms with Crippen LogP contribution in [-0.4, -0.2) is 0 Å². The zero-order valence-corrected chi connectivity index (χ0v) is 11.3. The van der Waals surface area contributed by atoms with E-state index in [-0.39, 0.29) is 5.82 Å². The van der Waals surface area contributed by atoms with Gasteiger partial charge in [0, 0.05) is 10.0 Å². The Bertz CT molecular complexity index is 500. The highest BCUT2D eigenvalue weighted by Crippen LogP contribution is 2.20. The second-order valence-corrected chi connectivity index (χ2v) is 5.13. The van der Waals surface area contributed by atoms with Crippen LogP contribution in [0.5, 0.6) is 0 Å². The van der Waals surface area contributed by atoms with Crippen LogP contribution in [0.4, 0.5) is 4.39 Å². The molecule has 3 heteroatoms. The molecular weight excluding hydrogens is 270 g/mol. The maximum Gasteiger partial charge on any atom is 0.123 e. The second kappa shape index (κ2) is 6.21. The molecule has 2 aromatic rings. The van der Waals surface area contributed by atoms with E-state index in [1.807, 2.05) is 24.3 Å². The lowest BCUT2D eigenvalue weighted by Crippen LogP contribution is -1.90. The van der Waals surface area contributed by atoms with Crippen molar-refractivity contribution in [1.82, 2.24) is 0 Å². The zero-order valence-electron chi connectivity index (χ0n) is 9.80. The highest BCUT2D eigenvalue weighted by atomic mass is 35.5. The summed E-state index contributed by atoms with van der Waals surface area (Å²) in [6, 6.07) is 12.2. The van der Waals surface area contributed by atoms with Gasteiger partial charge in [-0.2, -0.15) is 0 Å². The summed E-state index contributed by atoms with van der Waals surface area (Å²) in [6.07, 6.45) is 2.82. The van der Waals surface area contributed by atoms with Gasteiger partial charge in [0.2, 0.25) is 0 Å². The molecule has 0 spiro atoms. The first kappa shape index (κ1) is 13.4. The van der Waals surface area contributed by atoms with Gasteiger partial charge in [-0.05, 0) is 60.7 Å². The van der Waals surface area contributed by atoms with Gasteiger partial charge >= 0.3 is 0 Å². The molecule has 0 unspecified atom stereocenters. The van der Waals surface area contributed by atoms with E-state index in [1.165, 1.54) is 12.1 Å². The summed E-state index contributed by atoms with van der Waals surface area (Å²) in [5.41, 5.74) is 2.28. The fourth-order valence-corrected chi connectivity index (χ4v) is 2.47. The number of benzene rings is 2. The van der Waals surface area contributed by atoms with Gasteiger partial charge in [-0.15, -0.1) is 0 Å².